The van der Waals surface area contributed by atoms with Crippen LogP contribution < -0.4 is 11.1 Å². The first-order chi connectivity index (χ1) is 10.7. The van der Waals surface area contributed by atoms with Crippen LogP contribution in [0.3, 0.4) is 0 Å². The number of nitrogens with two attached hydrogens (primary N) is 1. The highest BCUT2D eigenvalue weighted by molar-refractivity contribution is 5.77. The van der Waals surface area contributed by atoms with Crippen molar-refractivity contribution in [2.24, 2.45) is 16.6 Å². The molecule has 0 radical (unpaired) electrons. The first-order valence-corrected chi connectivity index (χ1v) is 9.19. The van der Waals surface area contributed by atoms with Crippen molar-refractivity contribution in [1.82, 2.24) is 15.1 Å². The quantitative estimate of drug-likeness (QED) is 0.553. The average Bonchev–Trinajstić information content (AvgIpc) is 2.99. The normalized spacial score (nSPS) is 26.3. The summed E-state index contributed by atoms with van der Waals surface area (Å²) in [6.45, 7) is 12.3. The molecule has 0 amide bonds. The fourth-order valence-corrected chi connectivity index (χ4v) is 3.72. The van der Waals surface area contributed by atoms with Gasteiger partial charge in [0.25, 0.3) is 0 Å². The molecule has 2 fully saturated rings. The van der Waals surface area contributed by atoms with Crippen LogP contribution >= 0.6 is 0 Å². The molecule has 128 valence electrons. The number of hydrogen-bond donors (Lipinski definition) is 2. The second-order valence-electron chi connectivity index (χ2n) is 7.00. The summed E-state index contributed by atoms with van der Waals surface area (Å²) in [7, 11) is 0. The van der Waals surface area contributed by atoms with E-state index in [2.05, 4.69) is 34.0 Å². The van der Waals surface area contributed by atoms with Crippen LogP contribution in [0.25, 0.3) is 0 Å². The van der Waals surface area contributed by atoms with Crippen molar-refractivity contribution in [2.75, 3.05) is 45.8 Å². The summed E-state index contributed by atoms with van der Waals surface area (Å²) in [6.07, 6.45) is 6.70. The van der Waals surface area contributed by atoms with Crippen molar-refractivity contribution in [3.8, 4) is 0 Å². The number of aliphatic imine (C=N–C) groups is 1. The molecule has 0 aromatic heterocycles. The molecule has 22 heavy (non-hydrogen) atoms. The highest BCUT2D eigenvalue weighted by Crippen LogP contribution is 2.15. The highest BCUT2D eigenvalue weighted by atomic mass is 15.2. The minimum atomic E-state index is 0.581. The maximum absolute atomic E-state index is 6.03. The van der Waals surface area contributed by atoms with Gasteiger partial charge in [-0.2, -0.15) is 0 Å². The molecule has 2 unspecified atom stereocenters. The predicted molar refractivity (Wildman–Crippen MR) is 94.2 cm³/mol. The van der Waals surface area contributed by atoms with Crippen LogP contribution in [0.5, 0.6) is 0 Å². The second kappa shape index (κ2) is 9.36. The van der Waals surface area contributed by atoms with Crippen molar-refractivity contribution < 1.29 is 0 Å². The van der Waals surface area contributed by atoms with E-state index in [0.717, 1.165) is 26.2 Å². The number of nitrogens with one attached hydrogen (secondary N) is 1. The number of rotatable bonds is 7. The lowest BCUT2D eigenvalue weighted by atomic mass is 10.1. The molecule has 2 aliphatic heterocycles. The number of likely N-dealkylation sites (tertiary alicyclic amines) is 2. The number of nitrogens with zero attached hydrogens (tertiary/aromatic N) is 3. The van der Waals surface area contributed by atoms with Crippen LogP contribution in [0, 0.1) is 5.92 Å². The van der Waals surface area contributed by atoms with Gasteiger partial charge in [0.2, 0.25) is 0 Å². The molecule has 0 saturated carbocycles. The zero-order chi connectivity index (χ0) is 15.8. The summed E-state index contributed by atoms with van der Waals surface area (Å²) < 4.78 is 0. The maximum atomic E-state index is 6.03. The van der Waals surface area contributed by atoms with Gasteiger partial charge in [-0.3, -0.25) is 9.89 Å². The Kier molecular flexibility index (Phi) is 7.46. The summed E-state index contributed by atoms with van der Waals surface area (Å²) in [5, 5.41) is 3.32. The Morgan fingerprint density at radius 2 is 2.00 bits per heavy atom. The minimum absolute atomic E-state index is 0.581. The first kappa shape index (κ1) is 17.5. The average molecular weight is 310 g/mol. The Morgan fingerprint density at radius 1 is 1.23 bits per heavy atom. The van der Waals surface area contributed by atoms with Gasteiger partial charge in [0.15, 0.2) is 5.96 Å². The van der Waals surface area contributed by atoms with E-state index in [1.165, 1.54) is 51.7 Å². The molecule has 0 spiro atoms. The minimum Gasteiger partial charge on any atom is -0.370 e. The highest BCUT2D eigenvalue weighted by Gasteiger charge is 2.22. The van der Waals surface area contributed by atoms with E-state index in [0.29, 0.717) is 17.9 Å². The Hall–Kier alpha value is -0.810. The molecule has 5 nitrogen and oxygen atoms in total. The van der Waals surface area contributed by atoms with E-state index in [1.807, 2.05) is 0 Å². The van der Waals surface area contributed by atoms with Gasteiger partial charge in [0.05, 0.1) is 0 Å². The second-order valence-corrected chi connectivity index (χ2v) is 7.00. The molecule has 2 aliphatic rings. The molecular formula is C17H35N5. The van der Waals surface area contributed by atoms with Gasteiger partial charge in [-0.05, 0) is 57.8 Å². The fraction of sp³-hybridized carbons (Fsp3) is 0.941. The fourth-order valence-electron chi connectivity index (χ4n) is 3.72. The third kappa shape index (κ3) is 5.76. The van der Waals surface area contributed by atoms with Crippen LogP contribution in [-0.4, -0.2) is 67.6 Å². The lowest BCUT2D eigenvalue weighted by molar-refractivity contribution is 0.203. The van der Waals surface area contributed by atoms with Gasteiger partial charge >= 0.3 is 0 Å². The lowest BCUT2D eigenvalue weighted by Gasteiger charge is -2.28. The van der Waals surface area contributed by atoms with Crippen LogP contribution in [0.2, 0.25) is 0 Å². The first-order valence-electron chi connectivity index (χ1n) is 9.19. The molecule has 5 heteroatoms. The number of piperidine rings is 1. The van der Waals surface area contributed by atoms with Crippen LogP contribution in [-0.2, 0) is 0 Å². The van der Waals surface area contributed by atoms with Gasteiger partial charge in [-0.25, -0.2) is 0 Å². The number of guanidine groups is 1. The molecule has 0 bridgehead atoms. The van der Waals surface area contributed by atoms with Crippen molar-refractivity contribution in [3.05, 3.63) is 0 Å². The van der Waals surface area contributed by atoms with Gasteiger partial charge in [0, 0.05) is 25.7 Å². The largest absolute Gasteiger partial charge is 0.370 e. The standard InChI is InChI=1S/C17H35N5/c1-3-22-11-7-8-16(22)13-20-17(18)19-12-15(2)14-21-9-5-4-6-10-21/h15-16H,3-14H2,1-2H3,(H3,18,19,20). The summed E-state index contributed by atoms with van der Waals surface area (Å²) in [4.78, 5) is 9.64. The van der Waals surface area contributed by atoms with Gasteiger partial charge in [0.1, 0.15) is 0 Å². The van der Waals surface area contributed by atoms with Crippen molar-refractivity contribution >= 4 is 5.96 Å². The van der Waals surface area contributed by atoms with E-state index in [4.69, 9.17) is 5.73 Å². The van der Waals surface area contributed by atoms with E-state index in [1.54, 1.807) is 0 Å². The Labute approximate surface area is 136 Å². The van der Waals surface area contributed by atoms with E-state index in [9.17, 15) is 0 Å². The molecular weight excluding hydrogens is 274 g/mol. The Bertz CT molecular complexity index is 338. The summed E-state index contributed by atoms with van der Waals surface area (Å²) in [5.41, 5.74) is 6.03. The Balaban J connectivity index is 1.63. The van der Waals surface area contributed by atoms with E-state index in [-0.39, 0.29) is 0 Å². The smallest absolute Gasteiger partial charge is 0.188 e. The summed E-state index contributed by atoms with van der Waals surface area (Å²) >= 11 is 0. The topological polar surface area (TPSA) is 56.9 Å². The summed E-state index contributed by atoms with van der Waals surface area (Å²) in [6, 6.07) is 0.629. The molecule has 0 aromatic carbocycles. The SMILES string of the molecule is CCN1CCCC1CNC(N)=NCC(C)CN1CCCCC1. The molecule has 0 aromatic rings. The monoisotopic (exact) mass is 309 g/mol. The number of hydrogen-bond acceptors (Lipinski definition) is 3. The molecule has 2 saturated heterocycles. The Morgan fingerprint density at radius 3 is 2.73 bits per heavy atom. The van der Waals surface area contributed by atoms with E-state index < -0.39 is 0 Å². The number of likely N-dealkylation sites (N-methyl/N-ethyl adjacent to an activating group) is 1. The van der Waals surface area contributed by atoms with Crippen molar-refractivity contribution in [1.29, 1.82) is 0 Å². The molecule has 0 aliphatic carbocycles. The van der Waals surface area contributed by atoms with Crippen LogP contribution in [0.15, 0.2) is 4.99 Å². The molecule has 3 N–H and O–H groups in total. The van der Waals surface area contributed by atoms with Crippen molar-refractivity contribution in [3.63, 3.8) is 0 Å². The summed E-state index contributed by atoms with van der Waals surface area (Å²) in [5.74, 6) is 1.20. The zero-order valence-electron chi connectivity index (χ0n) is 14.6. The third-order valence-electron chi connectivity index (χ3n) is 5.02. The zero-order valence-corrected chi connectivity index (χ0v) is 14.6. The van der Waals surface area contributed by atoms with Gasteiger partial charge in [-0.1, -0.05) is 20.3 Å². The van der Waals surface area contributed by atoms with Gasteiger partial charge in [-0.15, -0.1) is 0 Å². The van der Waals surface area contributed by atoms with Crippen molar-refractivity contribution in [2.45, 2.75) is 52.0 Å². The molecule has 2 atom stereocenters. The lowest BCUT2D eigenvalue weighted by Crippen LogP contribution is -2.43. The van der Waals surface area contributed by atoms with Gasteiger partial charge < -0.3 is 16.0 Å². The predicted octanol–water partition coefficient (Wildman–Crippen LogP) is 1.50. The van der Waals surface area contributed by atoms with Crippen LogP contribution in [0.1, 0.15) is 46.0 Å². The third-order valence-corrected chi connectivity index (χ3v) is 5.02. The van der Waals surface area contributed by atoms with E-state index >= 15 is 0 Å². The molecule has 2 rings (SSSR count). The maximum Gasteiger partial charge on any atom is 0.188 e. The van der Waals surface area contributed by atoms with Crippen LogP contribution in [0.4, 0.5) is 0 Å². The molecule has 2 heterocycles.